The van der Waals surface area contributed by atoms with Crippen molar-refractivity contribution in [2.45, 2.75) is 6.42 Å². The second-order valence-electron chi connectivity index (χ2n) is 4.43. The average Bonchev–Trinajstić information content (AvgIpc) is 3.10. The number of fused-ring (bicyclic) bond motifs is 2. The van der Waals surface area contributed by atoms with Crippen molar-refractivity contribution in [3.63, 3.8) is 0 Å². The summed E-state index contributed by atoms with van der Waals surface area (Å²) in [6.07, 6.45) is 4.33. The van der Waals surface area contributed by atoms with Gasteiger partial charge in [0.05, 0.1) is 0 Å². The Morgan fingerprint density at radius 2 is 2.21 bits per heavy atom. The van der Waals surface area contributed by atoms with Crippen molar-refractivity contribution in [2.24, 2.45) is 0 Å². The Hall–Kier alpha value is -2.21. The van der Waals surface area contributed by atoms with Gasteiger partial charge in [-0.25, -0.2) is 4.98 Å². The topological polar surface area (TPSA) is 50.5 Å². The van der Waals surface area contributed by atoms with Crippen molar-refractivity contribution >= 4 is 28.2 Å². The fourth-order valence-electron chi connectivity index (χ4n) is 2.41. The molecule has 0 saturated carbocycles. The molecule has 0 bridgehead atoms. The average molecular weight is 270 g/mol. The number of rotatable bonds is 1. The molecule has 19 heavy (non-hydrogen) atoms. The van der Waals surface area contributed by atoms with Crippen LogP contribution in [-0.4, -0.2) is 21.1 Å². The zero-order chi connectivity index (χ0) is 12.8. The molecule has 0 aliphatic carbocycles. The van der Waals surface area contributed by atoms with E-state index in [2.05, 4.69) is 27.1 Å². The largest absolute Gasteiger partial charge is 0.346 e. The van der Waals surface area contributed by atoms with Gasteiger partial charge in [0, 0.05) is 18.4 Å². The lowest BCUT2D eigenvalue weighted by molar-refractivity contribution is 0.930. The van der Waals surface area contributed by atoms with E-state index in [0.717, 1.165) is 13.0 Å². The maximum absolute atomic E-state index is 12.1. The molecule has 6 heteroatoms. The van der Waals surface area contributed by atoms with Crippen molar-refractivity contribution in [2.75, 3.05) is 11.4 Å². The summed E-state index contributed by atoms with van der Waals surface area (Å²) in [6.45, 7) is 0.909. The molecule has 0 saturated heterocycles. The number of hydrogen-bond acceptors (Lipinski definition) is 5. The van der Waals surface area contributed by atoms with Crippen molar-refractivity contribution in [1.29, 1.82) is 0 Å². The highest BCUT2D eigenvalue weighted by Crippen LogP contribution is 2.27. The molecule has 1 aromatic carbocycles. The van der Waals surface area contributed by atoms with Gasteiger partial charge >= 0.3 is 0 Å². The van der Waals surface area contributed by atoms with Gasteiger partial charge in [0.25, 0.3) is 5.56 Å². The van der Waals surface area contributed by atoms with Crippen LogP contribution in [-0.2, 0) is 6.42 Å². The zero-order valence-corrected chi connectivity index (χ0v) is 10.8. The zero-order valence-electron chi connectivity index (χ0n) is 9.98. The molecule has 3 heterocycles. The first kappa shape index (κ1) is 10.7. The van der Waals surface area contributed by atoms with Crippen LogP contribution in [0.15, 0.2) is 35.4 Å². The maximum Gasteiger partial charge on any atom is 0.292 e. The van der Waals surface area contributed by atoms with E-state index in [0.29, 0.717) is 9.49 Å². The molecular formula is C13H10N4OS. The van der Waals surface area contributed by atoms with Crippen LogP contribution in [0.2, 0.25) is 0 Å². The first-order chi connectivity index (χ1) is 9.33. The second-order valence-corrected chi connectivity index (χ2v) is 5.44. The van der Waals surface area contributed by atoms with Crippen LogP contribution in [0, 0.1) is 0 Å². The van der Waals surface area contributed by atoms with Crippen LogP contribution in [0.3, 0.4) is 0 Å². The SMILES string of the molecule is O=c1/c(=C/N2CCc3ccccc32)sc2ncnn12. The monoisotopic (exact) mass is 270 g/mol. The highest BCUT2D eigenvalue weighted by Gasteiger charge is 2.17. The summed E-state index contributed by atoms with van der Waals surface area (Å²) in [6, 6.07) is 8.28. The van der Waals surface area contributed by atoms with Gasteiger partial charge < -0.3 is 4.90 Å². The quantitative estimate of drug-likeness (QED) is 0.652. The second kappa shape index (κ2) is 3.89. The highest BCUT2D eigenvalue weighted by atomic mass is 32.1. The van der Waals surface area contributed by atoms with E-state index in [4.69, 9.17) is 0 Å². The molecule has 0 N–H and O–H groups in total. The lowest BCUT2D eigenvalue weighted by atomic mass is 10.2. The Labute approximate surface area is 112 Å². The predicted octanol–water partition coefficient (Wildman–Crippen LogP) is 0.671. The third-order valence-corrected chi connectivity index (χ3v) is 4.28. The van der Waals surface area contributed by atoms with Crippen LogP contribution in [0.25, 0.3) is 11.2 Å². The van der Waals surface area contributed by atoms with Gasteiger partial charge in [0.15, 0.2) is 0 Å². The minimum atomic E-state index is -0.0955. The molecule has 0 radical (unpaired) electrons. The molecule has 1 aliphatic heterocycles. The maximum atomic E-state index is 12.1. The van der Waals surface area contributed by atoms with E-state index in [1.807, 2.05) is 18.3 Å². The van der Waals surface area contributed by atoms with E-state index in [-0.39, 0.29) is 5.56 Å². The molecule has 3 aromatic rings. The molecule has 0 amide bonds. The standard InChI is InChI=1S/C13H10N4OS/c18-12-11(19-13-14-8-15-17(12)13)7-16-6-5-9-3-1-2-4-10(9)16/h1-4,7-8H,5-6H2/b11-7-. The molecular weight excluding hydrogens is 260 g/mol. The van der Waals surface area contributed by atoms with Gasteiger partial charge in [-0.15, -0.1) is 0 Å². The molecule has 0 spiro atoms. The summed E-state index contributed by atoms with van der Waals surface area (Å²) >= 11 is 1.37. The van der Waals surface area contributed by atoms with Gasteiger partial charge in [0.1, 0.15) is 10.9 Å². The minimum Gasteiger partial charge on any atom is -0.346 e. The number of aromatic nitrogens is 3. The molecule has 94 valence electrons. The number of benzene rings is 1. The lowest BCUT2D eigenvalue weighted by Crippen LogP contribution is -2.27. The Kier molecular flexibility index (Phi) is 2.19. The van der Waals surface area contributed by atoms with Gasteiger partial charge in [-0.3, -0.25) is 4.79 Å². The molecule has 0 atom stereocenters. The minimum absolute atomic E-state index is 0.0955. The summed E-state index contributed by atoms with van der Waals surface area (Å²) in [5.74, 6) is 0. The third-order valence-electron chi connectivity index (χ3n) is 3.32. The van der Waals surface area contributed by atoms with Gasteiger partial charge in [0.2, 0.25) is 4.96 Å². The Bertz CT molecular complexity index is 866. The summed E-state index contributed by atoms with van der Waals surface area (Å²) < 4.78 is 2.02. The van der Waals surface area contributed by atoms with Crippen molar-refractivity contribution in [1.82, 2.24) is 14.6 Å². The van der Waals surface area contributed by atoms with Crippen molar-refractivity contribution < 1.29 is 0 Å². The molecule has 2 aromatic heterocycles. The smallest absolute Gasteiger partial charge is 0.292 e. The Morgan fingerprint density at radius 1 is 1.32 bits per heavy atom. The summed E-state index contributed by atoms with van der Waals surface area (Å²) in [4.78, 5) is 18.9. The first-order valence-corrected chi connectivity index (χ1v) is 6.83. The number of thiazole rings is 1. The molecule has 0 unspecified atom stereocenters. The summed E-state index contributed by atoms with van der Waals surface area (Å²) in [7, 11) is 0. The molecule has 4 rings (SSSR count). The number of nitrogens with zero attached hydrogens (tertiary/aromatic N) is 4. The molecule has 0 fully saturated rings. The Balaban J connectivity index is 1.87. The van der Waals surface area contributed by atoms with E-state index in [1.165, 1.54) is 33.4 Å². The lowest BCUT2D eigenvalue weighted by Gasteiger charge is -2.12. The molecule has 1 aliphatic rings. The van der Waals surface area contributed by atoms with Crippen molar-refractivity contribution in [3.8, 4) is 0 Å². The van der Waals surface area contributed by atoms with Crippen LogP contribution in [0.4, 0.5) is 5.69 Å². The predicted molar refractivity (Wildman–Crippen MR) is 74.3 cm³/mol. The fraction of sp³-hybridized carbons (Fsp3) is 0.154. The molecule has 5 nitrogen and oxygen atoms in total. The first-order valence-electron chi connectivity index (χ1n) is 6.02. The van der Waals surface area contributed by atoms with Crippen LogP contribution in [0.5, 0.6) is 0 Å². The fourth-order valence-corrected chi connectivity index (χ4v) is 3.27. The summed E-state index contributed by atoms with van der Waals surface area (Å²) in [5.41, 5.74) is 2.41. The number of anilines is 1. The Morgan fingerprint density at radius 3 is 3.11 bits per heavy atom. The third kappa shape index (κ3) is 1.57. The highest BCUT2D eigenvalue weighted by molar-refractivity contribution is 7.15. The van der Waals surface area contributed by atoms with Crippen LogP contribution < -0.4 is 15.0 Å². The van der Waals surface area contributed by atoms with Gasteiger partial charge in [-0.1, -0.05) is 29.5 Å². The van der Waals surface area contributed by atoms with E-state index in [9.17, 15) is 4.79 Å². The van der Waals surface area contributed by atoms with Gasteiger partial charge in [-0.05, 0) is 18.1 Å². The van der Waals surface area contributed by atoms with E-state index in [1.54, 1.807) is 0 Å². The van der Waals surface area contributed by atoms with Gasteiger partial charge in [-0.2, -0.15) is 9.61 Å². The normalized spacial score (nSPS) is 15.4. The van der Waals surface area contributed by atoms with Crippen molar-refractivity contribution in [3.05, 3.63) is 51.0 Å². The van der Waals surface area contributed by atoms with E-state index >= 15 is 0 Å². The van der Waals surface area contributed by atoms with Crippen LogP contribution >= 0.6 is 11.3 Å². The van der Waals surface area contributed by atoms with Crippen LogP contribution in [0.1, 0.15) is 5.56 Å². The number of hydrogen-bond donors (Lipinski definition) is 0. The number of para-hydroxylation sites is 1. The summed E-state index contributed by atoms with van der Waals surface area (Å²) in [5, 5.41) is 3.92. The van der Waals surface area contributed by atoms with E-state index < -0.39 is 0 Å².